The van der Waals surface area contributed by atoms with Crippen LogP contribution in [0.5, 0.6) is 11.5 Å². The largest absolute Gasteiger partial charge is 0.493 e. The Morgan fingerprint density at radius 3 is 2.52 bits per heavy atom. The highest BCUT2D eigenvalue weighted by atomic mass is 19.3. The number of benzene rings is 2. The highest BCUT2D eigenvalue weighted by Gasteiger charge is 2.36. The molecule has 1 aliphatic heterocycles. The second-order valence-electron chi connectivity index (χ2n) is 7.78. The quantitative estimate of drug-likeness (QED) is 0.541. The normalized spacial score (nSPS) is 19.1. The summed E-state index contributed by atoms with van der Waals surface area (Å²) in [7, 11) is 1.64. The van der Waals surface area contributed by atoms with E-state index in [1.165, 1.54) is 11.6 Å². The SMILES string of the molecule is CCOc1ccc(CN2C[C@H](c3ccccc3)[C@@H](c3cc(C(F)F)n[nH]3)C2)cc1OC. The number of alkyl halides is 2. The van der Waals surface area contributed by atoms with Crippen molar-refractivity contribution in [2.24, 2.45) is 0 Å². The van der Waals surface area contributed by atoms with Crippen molar-refractivity contribution in [2.45, 2.75) is 31.7 Å². The van der Waals surface area contributed by atoms with Crippen LogP contribution in [0.1, 0.15) is 47.7 Å². The molecule has 4 rings (SSSR count). The summed E-state index contributed by atoms with van der Waals surface area (Å²) in [5.41, 5.74) is 2.88. The highest BCUT2D eigenvalue weighted by Crippen LogP contribution is 2.40. The summed E-state index contributed by atoms with van der Waals surface area (Å²) >= 11 is 0. The van der Waals surface area contributed by atoms with E-state index in [1.54, 1.807) is 7.11 Å². The molecule has 2 aromatic carbocycles. The van der Waals surface area contributed by atoms with Gasteiger partial charge in [0.25, 0.3) is 6.43 Å². The number of H-pyrrole nitrogens is 1. The molecule has 2 atom stereocenters. The fourth-order valence-corrected chi connectivity index (χ4v) is 4.37. The van der Waals surface area contributed by atoms with E-state index in [0.29, 0.717) is 12.4 Å². The minimum Gasteiger partial charge on any atom is -0.493 e. The van der Waals surface area contributed by atoms with E-state index in [1.807, 2.05) is 43.3 Å². The molecule has 1 aromatic heterocycles. The minimum atomic E-state index is -2.57. The lowest BCUT2D eigenvalue weighted by atomic mass is 9.87. The van der Waals surface area contributed by atoms with Gasteiger partial charge in [-0.25, -0.2) is 8.78 Å². The lowest BCUT2D eigenvalue weighted by Crippen LogP contribution is -2.20. The van der Waals surface area contributed by atoms with E-state index < -0.39 is 6.43 Å². The Hall–Kier alpha value is -2.93. The van der Waals surface area contributed by atoms with Gasteiger partial charge in [0.1, 0.15) is 5.69 Å². The van der Waals surface area contributed by atoms with Gasteiger partial charge in [0, 0.05) is 37.2 Å². The highest BCUT2D eigenvalue weighted by molar-refractivity contribution is 5.43. The molecule has 31 heavy (non-hydrogen) atoms. The van der Waals surface area contributed by atoms with Crippen molar-refractivity contribution in [1.29, 1.82) is 0 Å². The zero-order valence-electron chi connectivity index (χ0n) is 17.7. The minimum absolute atomic E-state index is 0.0620. The maximum atomic E-state index is 13.1. The molecule has 0 spiro atoms. The van der Waals surface area contributed by atoms with E-state index >= 15 is 0 Å². The molecule has 0 aliphatic carbocycles. The second kappa shape index (κ2) is 9.47. The molecule has 5 nitrogen and oxygen atoms in total. The van der Waals surface area contributed by atoms with Gasteiger partial charge in [0.05, 0.1) is 13.7 Å². The van der Waals surface area contributed by atoms with Crippen LogP contribution >= 0.6 is 0 Å². The summed E-state index contributed by atoms with van der Waals surface area (Å²) in [6.45, 7) is 4.83. The summed E-state index contributed by atoms with van der Waals surface area (Å²) in [4.78, 5) is 2.35. The average molecular weight is 427 g/mol. The number of aromatic nitrogens is 2. The van der Waals surface area contributed by atoms with Gasteiger partial charge >= 0.3 is 0 Å². The lowest BCUT2D eigenvalue weighted by Gasteiger charge is -2.17. The molecule has 1 fully saturated rings. The van der Waals surface area contributed by atoms with Crippen LogP contribution in [0.15, 0.2) is 54.6 Å². The molecule has 0 unspecified atom stereocenters. The lowest BCUT2D eigenvalue weighted by molar-refractivity contribution is 0.146. The van der Waals surface area contributed by atoms with Gasteiger partial charge in [-0.1, -0.05) is 36.4 Å². The number of hydrogen-bond acceptors (Lipinski definition) is 4. The molecular weight excluding hydrogens is 400 g/mol. The molecule has 1 N–H and O–H groups in total. The van der Waals surface area contributed by atoms with Gasteiger partial charge < -0.3 is 9.47 Å². The van der Waals surface area contributed by atoms with Gasteiger partial charge in [-0.15, -0.1) is 0 Å². The molecule has 7 heteroatoms. The Kier molecular flexibility index (Phi) is 6.51. The number of nitrogens with one attached hydrogen (secondary N) is 1. The number of ether oxygens (including phenoxy) is 2. The maximum Gasteiger partial charge on any atom is 0.282 e. The number of hydrogen-bond donors (Lipinski definition) is 1. The van der Waals surface area contributed by atoms with Crippen molar-refractivity contribution in [3.05, 3.63) is 77.1 Å². The molecular formula is C24H27F2N3O2. The Morgan fingerprint density at radius 2 is 1.84 bits per heavy atom. The fourth-order valence-electron chi connectivity index (χ4n) is 4.37. The zero-order chi connectivity index (χ0) is 21.8. The number of aromatic amines is 1. The summed E-state index contributed by atoms with van der Waals surface area (Å²) < 4.78 is 37.3. The van der Waals surface area contributed by atoms with Crippen molar-refractivity contribution in [2.75, 3.05) is 26.8 Å². The van der Waals surface area contributed by atoms with Crippen LogP contribution in [0.3, 0.4) is 0 Å². The van der Waals surface area contributed by atoms with Gasteiger partial charge in [0.2, 0.25) is 0 Å². The second-order valence-corrected chi connectivity index (χ2v) is 7.78. The van der Waals surface area contributed by atoms with Crippen LogP contribution < -0.4 is 9.47 Å². The van der Waals surface area contributed by atoms with Gasteiger partial charge in [0.15, 0.2) is 11.5 Å². The topological polar surface area (TPSA) is 50.4 Å². The smallest absolute Gasteiger partial charge is 0.282 e. The summed E-state index contributed by atoms with van der Waals surface area (Å²) in [5.74, 6) is 1.70. The Morgan fingerprint density at radius 1 is 1.06 bits per heavy atom. The van der Waals surface area contributed by atoms with E-state index in [9.17, 15) is 8.78 Å². The van der Waals surface area contributed by atoms with E-state index in [0.717, 1.165) is 36.6 Å². The number of nitrogens with zero attached hydrogens (tertiary/aromatic N) is 2. The molecule has 0 saturated carbocycles. The van der Waals surface area contributed by atoms with Gasteiger partial charge in [-0.05, 0) is 36.2 Å². The predicted molar refractivity (Wildman–Crippen MR) is 115 cm³/mol. The first-order chi connectivity index (χ1) is 15.1. The molecule has 0 radical (unpaired) electrons. The molecule has 2 heterocycles. The van der Waals surface area contributed by atoms with Crippen LogP contribution in [-0.4, -0.2) is 41.9 Å². The zero-order valence-corrected chi connectivity index (χ0v) is 17.7. The monoisotopic (exact) mass is 427 g/mol. The molecule has 0 amide bonds. The van der Waals surface area contributed by atoms with Crippen molar-refractivity contribution in [3.63, 3.8) is 0 Å². The summed E-state index contributed by atoms with van der Waals surface area (Å²) in [6, 6.07) is 17.7. The molecule has 0 bridgehead atoms. The first-order valence-corrected chi connectivity index (χ1v) is 10.5. The van der Waals surface area contributed by atoms with E-state index in [4.69, 9.17) is 9.47 Å². The third kappa shape index (κ3) is 4.71. The average Bonchev–Trinajstić information content (AvgIpc) is 3.43. The molecule has 1 saturated heterocycles. The van der Waals surface area contributed by atoms with E-state index in [-0.39, 0.29) is 17.5 Å². The van der Waals surface area contributed by atoms with Gasteiger partial charge in [-0.2, -0.15) is 5.10 Å². The van der Waals surface area contributed by atoms with Crippen LogP contribution in [0.25, 0.3) is 0 Å². The fraction of sp³-hybridized carbons (Fsp3) is 0.375. The Balaban J connectivity index is 1.57. The van der Waals surface area contributed by atoms with Crippen LogP contribution in [-0.2, 0) is 6.54 Å². The third-order valence-corrected chi connectivity index (χ3v) is 5.80. The van der Waals surface area contributed by atoms with Crippen LogP contribution in [0.4, 0.5) is 8.78 Å². The van der Waals surface area contributed by atoms with E-state index in [2.05, 4.69) is 27.2 Å². The van der Waals surface area contributed by atoms with Crippen molar-refractivity contribution in [3.8, 4) is 11.5 Å². The first-order valence-electron chi connectivity index (χ1n) is 10.5. The summed E-state index contributed by atoms with van der Waals surface area (Å²) in [6.07, 6.45) is -2.57. The number of likely N-dealkylation sites (tertiary alicyclic amines) is 1. The number of rotatable bonds is 8. The third-order valence-electron chi connectivity index (χ3n) is 5.80. The maximum absolute atomic E-state index is 13.1. The molecule has 1 aliphatic rings. The molecule has 164 valence electrons. The Labute approximate surface area is 181 Å². The number of methoxy groups -OCH3 is 1. The van der Waals surface area contributed by atoms with Crippen molar-refractivity contribution in [1.82, 2.24) is 15.1 Å². The standard InChI is InChI=1S/C24H27F2N3O2/c1-3-31-22-10-9-16(11-23(22)30-2)13-29-14-18(17-7-5-4-6-8-17)19(15-29)20-12-21(24(25)26)28-27-20/h4-12,18-19,24H,3,13-15H2,1-2H3,(H,27,28)/t18-,19+/m1/s1. The van der Waals surface area contributed by atoms with Crippen LogP contribution in [0, 0.1) is 0 Å². The summed E-state index contributed by atoms with van der Waals surface area (Å²) in [5, 5.41) is 6.68. The van der Waals surface area contributed by atoms with Crippen LogP contribution in [0.2, 0.25) is 0 Å². The predicted octanol–water partition coefficient (Wildman–Crippen LogP) is 5.14. The number of halogens is 2. The van der Waals surface area contributed by atoms with Gasteiger partial charge in [-0.3, -0.25) is 10.00 Å². The van der Waals surface area contributed by atoms with Crippen molar-refractivity contribution < 1.29 is 18.3 Å². The molecule has 3 aromatic rings. The first kappa shape index (κ1) is 21.3. The Bertz CT molecular complexity index is 993. The van der Waals surface area contributed by atoms with Crippen molar-refractivity contribution >= 4 is 0 Å².